The third kappa shape index (κ3) is 2.20. The Labute approximate surface area is 110 Å². The summed E-state index contributed by atoms with van der Waals surface area (Å²) in [5, 5.41) is 18.8. The summed E-state index contributed by atoms with van der Waals surface area (Å²) in [6, 6.07) is 1.84. The van der Waals surface area contributed by atoms with Gasteiger partial charge in [-0.2, -0.15) is 5.26 Å². The van der Waals surface area contributed by atoms with E-state index in [-0.39, 0.29) is 11.4 Å². The van der Waals surface area contributed by atoms with E-state index >= 15 is 0 Å². The maximum Gasteiger partial charge on any atom is 0.268 e. The molecule has 1 aromatic rings. The van der Waals surface area contributed by atoms with Crippen molar-refractivity contribution in [2.45, 2.75) is 20.8 Å². The van der Waals surface area contributed by atoms with E-state index in [0.717, 1.165) is 11.3 Å². The van der Waals surface area contributed by atoms with E-state index in [0.29, 0.717) is 16.8 Å². The number of hydrogen-bond donors (Lipinski definition) is 2. The lowest BCUT2D eigenvalue weighted by Gasteiger charge is -2.06. The Hall–Kier alpha value is -2.61. The van der Waals surface area contributed by atoms with Gasteiger partial charge in [0.1, 0.15) is 11.6 Å². The number of aromatic hydroxyl groups is 1. The molecular weight excluding hydrogens is 242 g/mol. The molecule has 0 aromatic carbocycles. The van der Waals surface area contributed by atoms with Crippen molar-refractivity contribution in [3.05, 3.63) is 44.4 Å². The van der Waals surface area contributed by atoms with Crippen molar-refractivity contribution < 1.29 is 5.11 Å². The topological polar surface area (TPSA) is 89.2 Å². The molecule has 2 rings (SSSR count). The predicted octanol–water partition coefficient (Wildman–Crippen LogP) is 2.02. The van der Waals surface area contributed by atoms with Gasteiger partial charge in [-0.25, -0.2) is 0 Å². The van der Waals surface area contributed by atoms with Gasteiger partial charge in [0.15, 0.2) is 5.88 Å². The van der Waals surface area contributed by atoms with Gasteiger partial charge in [0.05, 0.1) is 5.70 Å². The Morgan fingerprint density at radius 1 is 1.42 bits per heavy atom. The number of nitrogens with zero attached hydrogens (tertiary/aromatic N) is 2. The number of aromatic nitrogens is 1. The molecule has 0 unspecified atom stereocenters. The SMILES string of the molecule is CC1=CC(C)=NC1=Cc1c(O)[nH]c(=O)c(C#N)c1C. The molecule has 0 bridgehead atoms. The summed E-state index contributed by atoms with van der Waals surface area (Å²) in [4.78, 5) is 18.1. The van der Waals surface area contributed by atoms with E-state index in [1.807, 2.05) is 26.0 Å². The first-order chi connectivity index (χ1) is 8.93. The highest BCUT2D eigenvalue weighted by atomic mass is 16.3. The number of aromatic amines is 1. The van der Waals surface area contributed by atoms with Gasteiger partial charge in [0, 0.05) is 11.3 Å². The monoisotopic (exact) mass is 255 g/mol. The fourth-order valence-corrected chi connectivity index (χ4v) is 2.01. The molecule has 0 aliphatic carbocycles. The van der Waals surface area contributed by atoms with Crippen molar-refractivity contribution in [3.8, 4) is 11.9 Å². The molecule has 19 heavy (non-hydrogen) atoms. The van der Waals surface area contributed by atoms with Crippen LogP contribution in [0.15, 0.2) is 27.1 Å². The second-order valence-corrected chi connectivity index (χ2v) is 4.44. The molecule has 0 fully saturated rings. The van der Waals surface area contributed by atoms with Gasteiger partial charge < -0.3 is 5.11 Å². The highest BCUT2D eigenvalue weighted by molar-refractivity contribution is 5.98. The molecule has 1 aromatic heterocycles. The number of allylic oxidation sites excluding steroid dienone is 2. The van der Waals surface area contributed by atoms with E-state index in [4.69, 9.17) is 5.26 Å². The smallest absolute Gasteiger partial charge is 0.268 e. The van der Waals surface area contributed by atoms with Gasteiger partial charge in [-0.15, -0.1) is 0 Å². The summed E-state index contributed by atoms with van der Waals surface area (Å²) in [7, 11) is 0. The largest absolute Gasteiger partial charge is 0.494 e. The van der Waals surface area contributed by atoms with Crippen molar-refractivity contribution in [3.63, 3.8) is 0 Å². The number of nitriles is 1. The molecule has 0 saturated carbocycles. The third-order valence-corrected chi connectivity index (χ3v) is 3.01. The fourth-order valence-electron chi connectivity index (χ4n) is 2.01. The van der Waals surface area contributed by atoms with Crippen LogP contribution in [-0.4, -0.2) is 15.8 Å². The number of pyridine rings is 1. The summed E-state index contributed by atoms with van der Waals surface area (Å²) < 4.78 is 0. The summed E-state index contributed by atoms with van der Waals surface area (Å²) in [5.74, 6) is -0.249. The van der Waals surface area contributed by atoms with Crippen LogP contribution < -0.4 is 5.56 Å². The summed E-state index contributed by atoms with van der Waals surface area (Å²) in [5.41, 5.74) is 2.85. The van der Waals surface area contributed by atoms with Crippen LogP contribution in [0.3, 0.4) is 0 Å². The second-order valence-electron chi connectivity index (χ2n) is 4.44. The van der Waals surface area contributed by atoms with E-state index in [9.17, 15) is 9.90 Å². The van der Waals surface area contributed by atoms with Crippen LogP contribution >= 0.6 is 0 Å². The quantitative estimate of drug-likeness (QED) is 0.804. The third-order valence-electron chi connectivity index (χ3n) is 3.01. The average Bonchev–Trinajstić information content (AvgIpc) is 2.63. The van der Waals surface area contributed by atoms with Crippen molar-refractivity contribution in [1.82, 2.24) is 4.98 Å². The molecular formula is C14H13N3O2. The molecule has 0 saturated heterocycles. The molecule has 5 heteroatoms. The number of nitrogens with one attached hydrogen (secondary N) is 1. The number of hydrogen-bond acceptors (Lipinski definition) is 4. The standard InChI is InChI=1S/C14H13N3O2/c1-7-4-8(2)16-12(7)5-10-9(3)11(6-15)14(19)17-13(10)18/h4-5H,1-3H3,(H2,17,18,19). The van der Waals surface area contributed by atoms with E-state index in [2.05, 4.69) is 9.98 Å². The van der Waals surface area contributed by atoms with Crippen LogP contribution in [0.1, 0.15) is 30.5 Å². The molecule has 0 atom stereocenters. The van der Waals surface area contributed by atoms with Crippen molar-refractivity contribution >= 4 is 11.8 Å². The Morgan fingerprint density at radius 3 is 2.63 bits per heavy atom. The summed E-state index contributed by atoms with van der Waals surface area (Å²) in [6.07, 6.45) is 3.60. The first-order valence-corrected chi connectivity index (χ1v) is 5.75. The highest BCUT2D eigenvalue weighted by Crippen LogP contribution is 2.26. The molecule has 5 nitrogen and oxygen atoms in total. The molecule has 2 N–H and O–H groups in total. The minimum atomic E-state index is -0.585. The van der Waals surface area contributed by atoms with Crippen LogP contribution in [-0.2, 0) is 0 Å². The number of H-pyrrole nitrogens is 1. The van der Waals surface area contributed by atoms with E-state index < -0.39 is 5.56 Å². The van der Waals surface area contributed by atoms with Gasteiger partial charge in [0.2, 0.25) is 0 Å². The molecule has 1 aliphatic rings. The van der Waals surface area contributed by atoms with Gasteiger partial charge in [0.25, 0.3) is 5.56 Å². The van der Waals surface area contributed by atoms with Crippen LogP contribution in [0, 0.1) is 18.3 Å². The molecule has 0 amide bonds. The molecule has 0 spiro atoms. The maximum absolute atomic E-state index is 11.5. The number of rotatable bonds is 1. The van der Waals surface area contributed by atoms with Gasteiger partial charge in [-0.3, -0.25) is 14.8 Å². The Kier molecular flexibility index (Phi) is 3.09. The minimum Gasteiger partial charge on any atom is -0.494 e. The minimum absolute atomic E-state index is 0.00461. The first kappa shape index (κ1) is 12.8. The van der Waals surface area contributed by atoms with Crippen LogP contribution in [0.5, 0.6) is 5.88 Å². The molecule has 1 aliphatic heterocycles. The highest BCUT2D eigenvalue weighted by Gasteiger charge is 2.14. The molecule has 96 valence electrons. The zero-order valence-corrected chi connectivity index (χ0v) is 10.9. The van der Waals surface area contributed by atoms with Crippen LogP contribution in [0.4, 0.5) is 0 Å². The van der Waals surface area contributed by atoms with Crippen LogP contribution in [0.25, 0.3) is 6.08 Å². The zero-order chi connectivity index (χ0) is 14.2. The average molecular weight is 255 g/mol. The van der Waals surface area contributed by atoms with Crippen molar-refractivity contribution in [2.24, 2.45) is 4.99 Å². The lowest BCUT2D eigenvalue weighted by Crippen LogP contribution is -2.13. The van der Waals surface area contributed by atoms with Crippen molar-refractivity contribution in [1.29, 1.82) is 5.26 Å². The first-order valence-electron chi connectivity index (χ1n) is 5.75. The zero-order valence-electron chi connectivity index (χ0n) is 10.9. The predicted molar refractivity (Wildman–Crippen MR) is 73.0 cm³/mol. The van der Waals surface area contributed by atoms with Crippen LogP contribution in [0.2, 0.25) is 0 Å². The summed E-state index contributed by atoms with van der Waals surface area (Å²) >= 11 is 0. The van der Waals surface area contributed by atoms with E-state index in [1.54, 1.807) is 13.0 Å². The lowest BCUT2D eigenvalue weighted by molar-refractivity contribution is 0.449. The van der Waals surface area contributed by atoms with Crippen molar-refractivity contribution in [2.75, 3.05) is 0 Å². The second kappa shape index (κ2) is 4.58. The number of aliphatic imine (C=N–C) groups is 1. The maximum atomic E-state index is 11.5. The Balaban J connectivity index is 2.67. The lowest BCUT2D eigenvalue weighted by atomic mass is 10.0. The summed E-state index contributed by atoms with van der Waals surface area (Å²) in [6.45, 7) is 5.42. The molecule has 0 radical (unpaired) electrons. The fraction of sp³-hybridized carbons (Fsp3) is 0.214. The molecule has 2 heterocycles. The van der Waals surface area contributed by atoms with Gasteiger partial charge in [-0.1, -0.05) is 0 Å². The Morgan fingerprint density at radius 2 is 2.11 bits per heavy atom. The van der Waals surface area contributed by atoms with E-state index in [1.165, 1.54) is 0 Å². The normalized spacial score (nSPS) is 16.2. The van der Waals surface area contributed by atoms with Gasteiger partial charge in [-0.05, 0) is 44.1 Å². The Bertz CT molecular complexity index is 743. The van der Waals surface area contributed by atoms with Gasteiger partial charge >= 0.3 is 0 Å².